The summed E-state index contributed by atoms with van der Waals surface area (Å²) in [5, 5.41) is 11.0. The van der Waals surface area contributed by atoms with Crippen LogP contribution in [-0.4, -0.2) is 20.4 Å². The first-order valence-electron chi connectivity index (χ1n) is 9.41. The van der Waals surface area contributed by atoms with Crippen molar-refractivity contribution in [1.29, 1.82) is 0 Å². The second-order valence-electron chi connectivity index (χ2n) is 7.34. The summed E-state index contributed by atoms with van der Waals surface area (Å²) < 4.78 is 3.05. The van der Waals surface area contributed by atoms with Gasteiger partial charge in [-0.1, -0.05) is 48.5 Å². The minimum Gasteiger partial charge on any atom is -0.429 e. The maximum atomic E-state index is 12.8. The summed E-state index contributed by atoms with van der Waals surface area (Å²) in [6.07, 6.45) is 10.8. The highest BCUT2D eigenvalue weighted by Crippen LogP contribution is 2.33. The molecule has 1 saturated carbocycles. The van der Waals surface area contributed by atoms with Gasteiger partial charge in [0.25, 0.3) is 5.91 Å². The first kappa shape index (κ1) is 19.1. The SMILES string of the molecule is Cc1cn(C2CCCCC2)c2cc(C(=O)N=c3c(Cl)cn(O)cc3Cl)ccc12. The number of hydrogen-bond donors (Lipinski definition) is 1. The van der Waals surface area contributed by atoms with Crippen molar-refractivity contribution >= 4 is 40.0 Å². The van der Waals surface area contributed by atoms with E-state index in [1.807, 2.05) is 12.1 Å². The summed E-state index contributed by atoms with van der Waals surface area (Å²) in [7, 11) is 0. The molecule has 7 heteroatoms. The molecule has 0 radical (unpaired) electrons. The van der Waals surface area contributed by atoms with Gasteiger partial charge in [0.1, 0.15) is 5.36 Å². The predicted molar refractivity (Wildman–Crippen MR) is 110 cm³/mol. The van der Waals surface area contributed by atoms with Crippen LogP contribution in [0.5, 0.6) is 0 Å². The zero-order chi connectivity index (χ0) is 19.8. The van der Waals surface area contributed by atoms with E-state index in [4.69, 9.17) is 23.2 Å². The smallest absolute Gasteiger partial charge is 0.277 e. The first-order valence-corrected chi connectivity index (χ1v) is 10.2. The number of amides is 1. The van der Waals surface area contributed by atoms with Gasteiger partial charge in [0, 0.05) is 28.7 Å². The van der Waals surface area contributed by atoms with Crippen molar-refractivity contribution in [2.24, 2.45) is 4.99 Å². The molecular formula is C21H21Cl2N3O2. The molecule has 3 aromatic rings. The monoisotopic (exact) mass is 417 g/mol. The number of aromatic nitrogens is 2. The summed E-state index contributed by atoms with van der Waals surface area (Å²) >= 11 is 12.2. The van der Waals surface area contributed by atoms with Crippen molar-refractivity contribution in [1.82, 2.24) is 9.30 Å². The minimum atomic E-state index is -0.421. The lowest BCUT2D eigenvalue weighted by Gasteiger charge is -2.24. The Hall–Kier alpha value is -2.24. The van der Waals surface area contributed by atoms with Crippen LogP contribution in [0.2, 0.25) is 10.0 Å². The molecule has 1 aliphatic carbocycles. The lowest BCUT2D eigenvalue weighted by atomic mass is 9.95. The molecule has 0 aliphatic heterocycles. The number of carbonyl (C=O) groups excluding carboxylic acids is 1. The van der Waals surface area contributed by atoms with Crippen LogP contribution < -0.4 is 5.36 Å². The van der Waals surface area contributed by atoms with Gasteiger partial charge in [-0.15, -0.1) is 0 Å². The zero-order valence-electron chi connectivity index (χ0n) is 15.5. The molecule has 0 unspecified atom stereocenters. The zero-order valence-corrected chi connectivity index (χ0v) is 17.0. The van der Waals surface area contributed by atoms with Crippen molar-refractivity contribution < 1.29 is 10.0 Å². The number of pyridine rings is 1. The Morgan fingerprint density at radius 2 is 1.79 bits per heavy atom. The van der Waals surface area contributed by atoms with Crippen LogP contribution in [0, 0.1) is 6.92 Å². The Morgan fingerprint density at radius 3 is 2.46 bits per heavy atom. The van der Waals surface area contributed by atoms with Crippen LogP contribution in [0.4, 0.5) is 0 Å². The van der Waals surface area contributed by atoms with E-state index >= 15 is 0 Å². The fourth-order valence-electron chi connectivity index (χ4n) is 4.00. The van der Waals surface area contributed by atoms with Gasteiger partial charge in [-0.2, -0.15) is 4.73 Å². The molecule has 5 nitrogen and oxygen atoms in total. The van der Waals surface area contributed by atoms with E-state index in [0.29, 0.717) is 11.6 Å². The van der Waals surface area contributed by atoms with Gasteiger partial charge in [-0.25, -0.2) is 4.99 Å². The third-order valence-corrected chi connectivity index (χ3v) is 5.96. The number of aryl methyl sites for hydroxylation is 1. The number of benzene rings is 1. The molecule has 28 heavy (non-hydrogen) atoms. The average molecular weight is 418 g/mol. The summed E-state index contributed by atoms with van der Waals surface area (Å²) in [5.74, 6) is -0.421. The van der Waals surface area contributed by atoms with Gasteiger partial charge in [-0.3, -0.25) is 4.79 Å². The van der Waals surface area contributed by atoms with Crippen LogP contribution in [0.25, 0.3) is 10.9 Å². The Bertz CT molecular complexity index is 1100. The van der Waals surface area contributed by atoms with Gasteiger partial charge < -0.3 is 9.77 Å². The second kappa shape index (κ2) is 7.64. The quantitative estimate of drug-likeness (QED) is 0.556. The number of carbonyl (C=O) groups is 1. The van der Waals surface area contributed by atoms with Crippen LogP contribution in [-0.2, 0) is 0 Å². The van der Waals surface area contributed by atoms with Crippen molar-refractivity contribution in [3.63, 3.8) is 0 Å². The molecule has 2 aromatic heterocycles. The highest BCUT2D eigenvalue weighted by Gasteiger charge is 2.19. The first-order chi connectivity index (χ1) is 13.4. The normalized spacial score (nSPS) is 15.1. The number of hydrogen-bond acceptors (Lipinski definition) is 2. The summed E-state index contributed by atoms with van der Waals surface area (Å²) in [6.45, 7) is 2.10. The van der Waals surface area contributed by atoms with E-state index < -0.39 is 5.91 Å². The number of rotatable bonds is 2. The third kappa shape index (κ3) is 3.56. The molecule has 146 valence electrons. The molecular weight excluding hydrogens is 397 g/mol. The van der Waals surface area contributed by atoms with Crippen molar-refractivity contribution in [3.8, 4) is 0 Å². The van der Waals surface area contributed by atoms with Crippen LogP contribution in [0.3, 0.4) is 0 Å². The van der Waals surface area contributed by atoms with Gasteiger partial charge in [0.2, 0.25) is 0 Å². The predicted octanol–water partition coefficient (Wildman–Crippen LogP) is 5.54. The van der Waals surface area contributed by atoms with Gasteiger partial charge in [-0.05, 0) is 37.5 Å². The maximum absolute atomic E-state index is 12.8. The van der Waals surface area contributed by atoms with Crippen LogP contribution in [0.15, 0.2) is 41.8 Å². The number of halogens is 2. The Labute approximate surface area is 172 Å². The molecule has 0 spiro atoms. The van der Waals surface area contributed by atoms with Crippen molar-refractivity contribution in [2.75, 3.05) is 0 Å². The van der Waals surface area contributed by atoms with E-state index in [1.165, 1.54) is 50.1 Å². The fourth-order valence-corrected chi connectivity index (χ4v) is 4.54. The van der Waals surface area contributed by atoms with Crippen LogP contribution >= 0.6 is 23.2 Å². The standard InChI is InChI=1S/C21H21Cl2N3O2/c1-13-10-26(15-5-3-2-4-6-15)19-9-14(7-8-16(13)19)21(27)24-20-17(22)11-25(28)12-18(20)23/h7-12,15,28H,2-6H2,1H3. The Kier molecular flexibility index (Phi) is 5.21. The molecule has 4 rings (SSSR count). The van der Waals surface area contributed by atoms with Crippen molar-refractivity contribution in [3.05, 3.63) is 63.3 Å². The summed E-state index contributed by atoms with van der Waals surface area (Å²) in [4.78, 5) is 16.9. The van der Waals surface area contributed by atoms with Crippen molar-refractivity contribution in [2.45, 2.75) is 45.1 Å². The largest absolute Gasteiger partial charge is 0.429 e. The highest BCUT2D eigenvalue weighted by molar-refractivity contribution is 6.34. The molecule has 1 aromatic carbocycles. The summed E-state index contributed by atoms with van der Waals surface area (Å²) in [5.41, 5.74) is 2.75. The summed E-state index contributed by atoms with van der Waals surface area (Å²) in [6, 6.07) is 6.14. The van der Waals surface area contributed by atoms with E-state index in [1.54, 1.807) is 6.07 Å². The number of nitrogens with zero attached hydrogens (tertiary/aromatic N) is 3. The van der Waals surface area contributed by atoms with E-state index in [2.05, 4.69) is 22.7 Å². The molecule has 0 atom stereocenters. The lowest BCUT2D eigenvalue weighted by Crippen LogP contribution is -2.13. The van der Waals surface area contributed by atoms with Crippen LogP contribution in [0.1, 0.15) is 54.1 Å². The molecule has 1 N–H and O–H groups in total. The maximum Gasteiger partial charge on any atom is 0.277 e. The highest BCUT2D eigenvalue weighted by atomic mass is 35.5. The van der Waals surface area contributed by atoms with Gasteiger partial charge >= 0.3 is 0 Å². The molecule has 1 aliphatic rings. The Morgan fingerprint density at radius 1 is 1.11 bits per heavy atom. The fraction of sp³-hybridized carbons (Fsp3) is 0.333. The Balaban J connectivity index is 1.77. The lowest BCUT2D eigenvalue weighted by molar-refractivity contribution is 0.0998. The number of fused-ring (bicyclic) bond motifs is 1. The van der Waals surface area contributed by atoms with Gasteiger partial charge in [0.15, 0.2) is 0 Å². The average Bonchev–Trinajstić information content (AvgIpc) is 3.01. The van der Waals surface area contributed by atoms with E-state index in [-0.39, 0.29) is 15.4 Å². The molecule has 2 heterocycles. The van der Waals surface area contributed by atoms with E-state index in [9.17, 15) is 10.0 Å². The van der Waals surface area contributed by atoms with E-state index in [0.717, 1.165) is 15.6 Å². The third-order valence-electron chi connectivity index (χ3n) is 5.41. The molecule has 0 bridgehead atoms. The molecule has 1 amide bonds. The van der Waals surface area contributed by atoms with Gasteiger partial charge in [0.05, 0.1) is 22.4 Å². The molecule has 1 fully saturated rings. The minimum absolute atomic E-state index is 0.103. The second-order valence-corrected chi connectivity index (χ2v) is 8.16. The molecule has 0 saturated heterocycles. The topological polar surface area (TPSA) is 59.5 Å².